The number of fused-ring (bicyclic) bond motifs is 1. The largest absolute Gasteiger partial charge is 0.492 e. The molecule has 8 nitrogen and oxygen atoms in total. The molecule has 0 aliphatic rings. The van der Waals surface area contributed by atoms with Gasteiger partial charge in [0.1, 0.15) is 12.4 Å². The second-order valence-electron chi connectivity index (χ2n) is 8.71. The maximum Gasteiger partial charge on any atom is 0.303 e. The molecule has 0 spiro atoms. The number of hydrogen-bond acceptors (Lipinski definition) is 5. The maximum absolute atomic E-state index is 12.6. The number of nitrogens with zero attached hydrogens (tertiary/aromatic N) is 4. The molecule has 1 N–H and O–H groups in total. The minimum atomic E-state index is -0.830. The third-order valence-electron chi connectivity index (χ3n) is 6.09. The van der Waals surface area contributed by atoms with Gasteiger partial charge in [-0.15, -0.1) is 0 Å². The number of carboxylic acid groups (broad SMARTS) is 1. The van der Waals surface area contributed by atoms with E-state index in [1.807, 2.05) is 83.7 Å². The lowest BCUT2D eigenvalue weighted by molar-refractivity contribution is -0.136. The van der Waals surface area contributed by atoms with Gasteiger partial charge in [-0.05, 0) is 35.7 Å². The molecule has 8 heteroatoms. The molecular weight excluding hydrogens is 468 g/mol. The zero-order valence-corrected chi connectivity index (χ0v) is 20.2. The topological polar surface area (TPSA) is 99.2 Å². The second-order valence-corrected chi connectivity index (χ2v) is 8.71. The number of hydrogen-bond donors (Lipinski definition) is 1. The first-order valence-corrected chi connectivity index (χ1v) is 12.1. The molecular formula is C29H26N4O4. The van der Waals surface area contributed by atoms with E-state index in [9.17, 15) is 9.59 Å². The molecule has 0 radical (unpaired) electrons. The Morgan fingerprint density at radius 3 is 2.49 bits per heavy atom. The fraction of sp³-hybridized carbons (Fsp3) is 0.172. The summed E-state index contributed by atoms with van der Waals surface area (Å²) in [5, 5.41) is 19.6. The summed E-state index contributed by atoms with van der Waals surface area (Å²) in [6.45, 7) is 1.21. The van der Waals surface area contributed by atoms with Crippen molar-refractivity contribution < 1.29 is 14.6 Å². The summed E-state index contributed by atoms with van der Waals surface area (Å²) in [6, 6.07) is 24.9. The third-order valence-corrected chi connectivity index (χ3v) is 6.09. The van der Waals surface area contributed by atoms with Crippen LogP contribution in [0, 0.1) is 0 Å². The number of carboxylic acids is 1. The van der Waals surface area contributed by atoms with Gasteiger partial charge in [0.15, 0.2) is 0 Å². The van der Waals surface area contributed by atoms with Gasteiger partial charge in [0.25, 0.3) is 5.56 Å². The first-order valence-electron chi connectivity index (χ1n) is 12.1. The van der Waals surface area contributed by atoms with Crippen LogP contribution in [0.1, 0.15) is 17.5 Å². The van der Waals surface area contributed by atoms with Crippen LogP contribution in [0.2, 0.25) is 0 Å². The van der Waals surface area contributed by atoms with Crippen LogP contribution in [0.3, 0.4) is 0 Å². The summed E-state index contributed by atoms with van der Waals surface area (Å²) >= 11 is 0. The van der Waals surface area contributed by atoms with Crippen molar-refractivity contribution in [1.82, 2.24) is 19.6 Å². The molecule has 0 saturated carbocycles. The number of aryl methyl sites for hydroxylation is 1. The number of ether oxygens (including phenoxy) is 1. The van der Waals surface area contributed by atoms with Crippen molar-refractivity contribution in [3.05, 3.63) is 113 Å². The van der Waals surface area contributed by atoms with Crippen LogP contribution >= 0.6 is 0 Å². The zero-order valence-electron chi connectivity index (χ0n) is 20.2. The number of aromatic nitrogens is 4. The van der Waals surface area contributed by atoms with E-state index in [0.717, 1.165) is 27.8 Å². The molecule has 2 heterocycles. The molecule has 0 saturated heterocycles. The van der Waals surface area contributed by atoms with Gasteiger partial charge in [-0.25, -0.2) is 4.68 Å². The predicted octanol–water partition coefficient (Wildman–Crippen LogP) is 4.40. The van der Waals surface area contributed by atoms with Gasteiger partial charge in [-0.2, -0.15) is 10.2 Å². The van der Waals surface area contributed by atoms with E-state index >= 15 is 0 Å². The van der Waals surface area contributed by atoms with Gasteiger partial charge < -0.3 is 9.84 Å². The number of benzene rings is 3. The van der Waals surface area contributed by atoms with E-state index < -0.39 is 5.97 Å². The Morgan fingerprint density at radius 2 is 1.70 bits per heavy atom. The quantitative estimate of drug-likeness (QED) is 0.309. The molecule has 5 rings (SSSR count). The zero-order chi connectivity index (χ0) is 25.6. The van der Waals surface area contributed by atoms with Gasteiger partial charge >= 0.3 is 5.97 Å². The lowest BCUT2D eigenvalue weighted by Gasteiger charge is -2.09. The van der Waals surface area contributed by atoms with Gasteiger partial charge in [0, 0.05) is 23.6 Å². The molecule has 0 aliphatic carbocycles. The monoisotopic (exact) mass is 494 g/mol. The highest BCUT2D eigenvalue weighted by Gasteiger charge is 2.13. The Morgan fingerprint density at radius 1 is 0.946 bits per heavy atom. The van der Waals surface area contributed by atoms with Crippen LogP contribution in [0.15, 0.2) is 96.1 Å². The number of aliphatic carboxylic acids is 1. The molecule has 3 aromatic carbocycles. The summed E-state index contributed by atoms with van der Waals surface area (Å²) < 4.78 is 9.10. The van der Waals surface area contributed by atoms with Gasteiger partial charge in [0.2, 0.25) is 0 Å². The summed E-state index contributed by atoms with van der Waals surface area (Å²) in [5.41, 5.74) is 3.58. The Hall–Kier alpha value is -4.72. The third kappa shape index (κ3) is 5.75. The van der Waals surface area contributed by atoms with E-state index in [4.69, 9.17) is 14.9 Å². The molecule has 186 valence electrons. The molecule has 0 bridgehead atoms. The predicted molar refractivity (Wildman–Crippen MR) is 141 cm³/mol. The molecule has 37 heavy (non-hydrogen) atoms. The van der Waals surface area contributed by atoms with Gasteiger partial charge in [-0.3, -0.25) is 14.3 Å². The highest BCUT2D eigenvalue weighted by molar-refractivity contribution is 5.80. The lowest BCUT2D eigenvalue weighted by atomic mass is 10.0. The van der Waals surface area contributed by atoms with E-state index in [1.54, 1.807) is 12.3 Å². The maximum atomic E-state index is 12.6. The summed E-state index contributed by atoms with van der Waals surface area (Å²) in [7, 11) is 0. The van der Waals surface area contributed by atoms with E-state index in [0.29, 0.717) is 37.3 Å². The van der Waals surface area contributed by atoms with Crippen LogP contribution in [-0.4, -0.2) is 37.2 Å². The lowest BCUT2D eigenvalue weighted by Crippen LogP contribution is -2.25. The average molecular weight is 495 g/mol. The van der Waals surface area contributed by atoms with E-state index in [1.165, 1.54) is 4.68 Å². The molecule has 5 aromatic rings. The highest BCUT2D eigenvalue weighted by Crippen LogP contribution is 2.24. The number of carbonyl (C=O) groups is 1. The van der Waals surface area contributed by atoms with Crippen molar-refractivity contribution in [2.45, 2.75) is 25.9 Å². The second kappa shape index (κ2) is 10.9. The number of rotatable bonds is 10. The van der Waals surface area contributed by atoms with Crippen molar-refractivity contribution in [2.24, 2.45) is 0 Å². The van der Waals surface area contributed by atoms with Crippen molar-refractivity contribution in [2.75, 3.05) is 6.61 Å². The van der Waals surface area contributed by atoms with E-state index in [2.05, 4.69) is 5.10 Å². The first kappa shape index (κ1) is 24.0. The van der Waals surface area contributed by atoms with Crippen molar-refractivity contribution in [3.8, 4) is 17.0 Å². The van der Waals surface area contributed by atoms with Crippen molar-refractivity contribution in [3.63, 3.8) is 0 Å². The molecule has 0 amide bonds. The molecule has 0 fully saturated rings. The van der Waals surface area contributed by atoms with Crippen molar-refractivity contribution >= 4 is 16.7 Å². The van der Waals surface area contributed by atoms with Crippen LogP contribution < -0.4 is 10.3 Å². The smallest absolute Gasteiger partial charge is 0.303 e. The van der Waals surface area contributed by atoms with Crippen LogP contribution in [-0.2, 0) is 24.3 Å². The van der Waals surface area contributed by atoms with Crippen LogP contribution in [0.4, 0.5) is 0 Å². The summed E-state index contributed by atoms with van der Waals surface area (Å²) in [4.78, 5) is 23.7. The molecule has 0 unspecified atom stereocenters. The van der Waals surface area contributed by atoms with Crippen LogP contribution in [0.25, 0.3) is 22.0 Å². The summed E-state index contributed by atoms with van der Waals surface area (Å²) in [5.74, 6) is -0.131. The van der Waals surface area contributed by atoms with Crippen LogP contribution in [0.5, 0.6) is 5.75 Å². The highest BCUT2D eigenvalue weighted by atomic mass is 16.5. The summed E-state index contributed by atoms with van der Waals surface area (Å²) in [6.07, 6.45) is 4.08. The average Bonchev–Trinajstić information content (AvgIpc) is 3.33. The van der Waals surface area contributed by atoms with Crippen molar-refractivity contribution in [1.29, 1.82) is 0 Å². The normalized spacial score (nSPS) is 11.0. The molecule has 0 atom stereocenters. The molecule has 2 aromatic heterocycles. The standard InChI is InChI=1S/C29H26N4O4/c34-27(35)15-12-24-20-32(31-28(24)22-6-2-1-3-7-22)19-21-10-13-25(14-11-21)37-17-16-33-29(36)26-9-5-4-8-23(26)18-30-33/h1-11,13-14,18,20H,12,15-17,19H2,(H,34,35). The molecule has 0 aliphatic heterocycles. The Bertz CT molecular complexity index is 1570. The van der Waals surface area contributed by atoms with E-state index in [-0.39, 0.29) is 12.0 Å². The fourth-order valence-corrected chi connectivity index (χ4v) is 4.22. The Kier molecular flexibility index (Phi) is 7.07. The van der Waals surface area contributed by atoms with Gasteiger partial charge in [0.05, 0.1) is 30.4 Å². The Labute approximate surface area is 213 Å². The first-order chi connectivity index (χ1) is 18.1. The minimum Gasteiger partial charge on any atom is -0.492 e. The Balaban J connectivity index is 1.23. The SMILES string of the molecule is O=C(O)CCc1cn(Cc2ccc(OCCn3ncc4ccccc4c3=O)cc2)nc1-c1ccccc1. The fourth-order valence-electron chi connectivity index (χ4n) is 4.22. The minimum absolute atomic E-state index is 0.0540. The van der Waals surface area contributed by atoms with Gasteiger partial charge in [-0.1, -0.05) is 60.7 Å².